The molecule has 9 heteroatoms. The Labute approximate surface area is 195 Å². The lowest BCUT2D eigenvalue weighted by Crippen LogP contribution is -2.56. The predicted molar refractivity (Wildman–Crippen MR) is 123 cm³/mol. The van der Waals surface area contributed by atoms with Gasteiger partial charge in [-0.15, -0.1) is 0 Å². The molecule has 0 atom stereocenters. The lowest BCUT2D eigenvalue weighted by Gasteiger charge is -2.39. The third-order valence-corrected chi connectivity index (χ3v) is 6.03. The van der Waals surface area contributed by atoms with Crippen molar-refractivity contribution in [3.05, 3.63) is 82.6 Å². The minimum atomic E-state index is -4.41. The van der Waals surface area contributed by atoms with Crippen LogP contribution in [0.5, 0.6) is 0 Å². The molecule has 178 valence electrons. The van der Waals surface area contributed by atoms with Gasteiger partial charge in [-0.2, -0.15) is 18.3 Å². The minimum absolute atomic E-state index is 0.268. The molecule has 34 heavy (non-hydrogen) atoms. The standard InChI is InChI=1S/C25H25F3N4O2/c1-24(2,32-22(33)12-11-21(29-32)18-7-4-3-5-8-18)23(34)31-15-13-30(14-16-31)20-10-6-9-19(17-20)25(26,27)28/h3-12,17H,13-16H2,1-2H3. The molecule has 1 aliphatic rings. The molecule has 6 nitrogen and oxygen atoms in total. The molecule has 1 aliphatic heterocycles. The van der Waals surface area contributed by atoms with E-state index < -0.39 is 17.3 Å². The summed E-state index contributed by atoms with van der Waals surface area (Å²) in [7, 11) is 0. The average Bonchev–Trinajstić information content (AvgIpc) is 2.84. The maximum absolute atomic E-state index is 13.4. The topological polar surface area (TPSA) is 58.4 Å². The quantitative estimate of drug-likeness (QED) is 0.578. The number of benzene rings is 2. The van der Waals surface area contributed by atoms with E-state index in [1.165, 1.54) is 16.8 Å². The van der Waals surface area contributed by atoms with Gasteiger partial charge in [-0.25, -0.2) is 4.68 Å². The number of hydrogen-bond acceptors (Lipinski definition) is 4. The molecular formula is C25H25F3N4O2. The lowest BCUT2D eigenvalue weighted by atomic mass is 10.0. The molecule has 4 rings (SSSR count). The van der Waals surface area contributed by atoms with Gasteiger partial charge in [0.15, 0.2) is 0 Å². The summed E-state index contributed by atoms with van der Waals surface area (Å²) in [6.07, 6.45) is -4.41. The second-order valence-corrected chi connectivity index (χ2v) is 8.72. The van der Waals surface area contributed by atoms with E-state index in [4.69, 9.17) is 0 Å². The van der Waals surface area contributed by atoms with E-state index in [2.05, 4.69) is 5.10 Å². The number of alkyl halides is 3. The maximum atomic E-state index is 13.4. The van der Waals surface area contributed by atoms with Gasteiger partial charge in [0.05, 0.1) is 11.3 Å². The second-order valence-electron chi connectivity index (χ2n) is 8.72. The van der Waals surface area contributed by atoms with Crippen LogP contribution in [0.4, 0.5) is 18.9 Å². The summed E-state index contributed by atoms with van der Waals surface area (Å²) < 4.78 is 40.4. The number of aromatic nitrogens is 2. The number of rotatable bonds is 4. The van der Waals surface area contributed by atoms with Gasteiger partial charge in [-0.05, 0) is 38.1 Å². The number of piperazine rings is 1. The van der Waals surface area contributed by atoms with Crippen LogP contribution in [0.25, 0.3) is 11.3 Å². The average molecular weight is 470 g/mol. The van der Waals surface area contributed by atoms with Crippen molar-refractivity contribution in [3.8, 4) is 11.3 Å². The number of halogens is 3. The fourth-order valence-electron chi connectivity index (χ4n) is 4.10. The summed E-state index contributed by atoms with van der Waals surface area (Å²) in [5, 5.41) is 4.47. The maximum Gasteiger partial charge on any atom is 0.416 e. The highest BCUT2D eigenvalue weighted by Gasteiger charge is 2.37. The number of nitrogens with zero attached hydrogens (tertiary/aromatic N) is 4. The molecule has 2 heterocycles. The largest absolute Gasteiger partial charge is 0.416 e. The van der Waals surface area contributed by atoms with E-state index in [9.17, 15) is 22.8 Å². The molecule has 0 bridgehead atoms. The van der Waals surface area contributed by atoms with Crippen LogP contribution in [-0.4, -0.2) is 46.8 Å². The van der Waals surface area contributed by atoms with Gasteiger partial charge in [-0.3, -0.25) is 9.59 Å². The Kier molecular flexibility index (Phi) is 6.20. The van der Waals surface area contributed by atoms with Gasteiger partial charge in [-0.1, -0.05) is 36.4 Å². The summed E-state index contributed by atoms with van der Waals surface area (Å²) in [6, 6.07) is 17.6. The summed E-state index contributed by atoms with van der Waals surface area (Å²) in [5.74, 6) is -0.268. The molecule has 1 fully saturated rings. The summed E-state index contributed by atoms with van der Waals surface area (Å²) in [5.41, 5.74) is -0.450. The molecule has 0 radical (unpaired) electrons. The molecule has 1 aromatic heterocycles. The number of carbonyl (C=O) groups excluding carboxylic acids is 1. The first-order valence-electron chi connectivity index (χ1n) is 11.0. The third kappa shape index (κ3) is 4.69. The smallest absolute Gasteiger partial charge is 0.368 e. The van der Waals surface area contributed by atoms with Crippen LogP contribution in [0.1, 0.15) is 19.4 Å². The monoisotopic (exact) mass is 470 g/mol. The second kappa shape index (κ2) is 8.96. The predicted octanol–water partition coefficient (Wildman–Crippen LogP) is 4.01. The van der Waals surface area contributed by atoms with Crippen LogP contribution in [-0.2, 0) is 16.5 Å². The number of carbonyl (C=O) groups is 1. The molecule has 1 saturated heterocycles. The minimum Gasteiger partial charge on any atom is -0.368 e. The molecule has 2 aromatic carbocycles. The lowest BCUT2D eigenvalue weighted by molar-refractivity contribution is -0.140. The molecule has 0 N–H and O–H groups in total. The first kappa shape index (κ1) is 23.5. The Morgan fingerprint density at radius 2 is 1.56 bits per heavy atom. The molecule has 0 aliphatic carbocycles. The molecule has 0 saturated carbocycles. The fraction of sp³-hybridized carbons (Fsp3) is 0.320. The highest BCUT2D eigenvalue weighted by molar-refractivity contribution is 5.84. The Bertz CT molecular complexity index is 1230. The first-order chi connectivity index (χ1) is 16.1. The van der Waals surface area contributed by atoms with E-state index in [0.717, 1.165) is 17.7 Å². The van der Waals surface area contributed by atoms with Crippen LogP contribution in [0, 0.1) is 0 Å². The van der Waals surface area contributed by atoms with E-state index in [-0.39, 0.29) is 11.5 Å². The zero-order valence-corrected chi connectivity index (χ0v) is 18.9. The van der Waals surface area contributed by atoms with Crippen molar-refractivity contribution < 1.29 is 18.0 Å². The zero-order valence-electron chi connectivity index (χ0n) is 18.9. The number of amides is 1. The highest BCUT2D eigenvalue weighted by atomic mass is 19.4. The number of hydrogen-bond donors (Lipinski definition) is 0. The van der Waals surface area contributed by atoms with Crippen LogP contribution >= 0.6 is 0 Å². The van der Waals surface area contributed by atoms with Gasteiger partial charge >= 0.3 is 6.18 Å². The summed E-state index contributed by atoms with van der Waals surface area (Å²) >= 11 is 0. The summed E-state index contributed by atoms with van der Waals surface area (Å²) in [4.78, 5) is 29.5. The van der Waals surface area contributed by atoms with E-state index in [1.54, 1.807) is 30.9 Å². The Balaban J connectivity index is 1.51. The van der Waals surface area contributed by atoms with Crippen molar-refractivity contribution in [1.29, 1.82) is 0 Å². The molecule has 0 spiro atoms. The zero-order chi connectivity index (χ0) is 24.5. The van der Waals surface area contributed by atoms with Gasteiger partial charge in [0, 0.05) is 43.5 Å². The van der Waals surface area contributed by atoms with Crippen molar-refractivity contribution in [3.63, 3.8) is 0 Å². The van der Waals surface area contributed by atoms with Crippen molar-refractivity contribution in [2.24, 2.45) is 0 Å². The van der Waals surface area contributed by atoms with Crippen molar-refractivity contribution >= 4 is 11.6 Å². The van der Waals surface area contributed by atoms with Crippen molar-refractivity contribution in [1.82, 2.24) is 14.7 Å². The van der Waals surface area contributed by atoms with Gasteiger partial charge in [0.1, 0.15) is 5.54 Å². The fourth-order valence-corrected chi connectivity index (χ4v) is 4.10. The number of anilines is 1. The molecule has 0 unspecified atom stereocenters. The van der Waals surface area contributed by atoms with Crippen LogP contribution in [0.15, 0.2) is 71.5 Å². The Hall–Kier alpha value is -3.62. The normalized spacial score (nSPS) is 14.9. The van der Waals surface area contributed by atoms with Crippen LogP contribution < -0.4 is 10.5 Å². The van der Waals surface area contributed by atoms with Gasteiger partial charge in [0.25, 0.3) is 5.56 Å². The van der Waals surface area contributed by atoms with Crippen molar-refractivity contribution in [2.75, 3.05) is 31.1 Å². The third-order valence-electron chi connectivity index (χ3n) is 6.03. The van der Waals surface area contributed by atoms with E-state index in [1.807, 2.05) is 35.2 Å². The molecular weight excluding hydrogens is 445 g/mol. The molecule has 3 aromatic rings. The molecule has 1 amide bonds. The van der Waals surface area contributed by atoms with E-state index in [0.29, 0.717) is 37.6 Å². The van der Waals surface area contributed by atoms with Crippen molar-refractivity contribution in [2.45, 2.75) is 25.6 Å². The van der Waals surface area contributed by atoms with Crippen LogP contribution in [0.3, 0.4) is 0 Å². The van der Waals surface area contributed by atoms with Gasteiger partial charge < -0.3 is 9.80 Å². The van der Waals surface area contributed by atoms with E-state index >= 15 is 0 Å². The summed E-state index contributed by atoms with van der Waals surface area (Å²) in [6.45, 7) is 4.72. The Morgan fingerprint density at radius 3 is 2.21 bits per heavy atom. The first-order valence-corrected chi connectivity index (χ1v) is 11.0. The highest BCUT2D eigenvalue weighted by Crippen LogP contribution is 2.32. The SMILES string of the molecule is CC(C)(C(=O)N1CCN(c2cccc(C(F)(F)F)c2)CC1)n1nc(-c2ccccc2)ccc1=O. The van der Waals surface area contributed by atoms with Gasteiger partial charge in [0.2, 0.25) is 5.91 Å². The van der Waals surface area contributed by atoms with Crippen LogP contribution in [0.2, 0.25) is 0 Å². The Morgan fingerprint density at radius 1 is 0.882 bits per heavy atom.